The second-order valence-corrected chi connectivity index (χ2v) is 3.97. The Morgan fingerprint density at radius 2 is 2.32 bits per heavy atom. The number of nitrogens with zero attached hydrogens (tertiary/aromatic N) is 2. The van der Waals surface area contributed by atoms with Gasteiger partial charge in [0.25, 0.3) is 5.91 Å². The molecular formula is C13H16N4O2. The van der Waals surface area contributed by atoms with Crippen LogP contribution in [0.25, 0.3) is 0 Å². The van der Waals surface area contributed by atoms with E-state index in [4.69, 9.17) is 4.74 Å². The lowest BCUT2D eigenvalue weighted by atomic mass is 10.2. The van der Waals surface area contributed by atoms with Gasteiger partial charge in [0, 0.05) is 18.6 Å². The van der Waals surface area contributed by atoms with Crippen LogP contribution in [0.4, 0.5) is 0 Å². The van der Waals surface area contributed by atoms with Crippen molar-refractivity contribution in [1.82, 2.24) is 20.3 Å². The number of carbonyl (C=O) groups excluding carboxylic acids is 1. The van der Waals surface area contributed by atoms with Crippen LogP contribution in [0.15, 0.2) is 30.7 Å². The Bertz CT molecular complexity index is 539. The number of ether oxygens (including phenoxy) is 1. The van der Waals surface area contributed by atoms with Crippen LogP contribution in [0.2, 0.25) is 0 Å². The van der Waals surface area contributed by atoms with Gasteiger partial charge in [-0.05, 0) is 18.6 Å². The van der Waals surface area contributed by atoms with Crippen molar-refractivity contribution < 1.29 is 9.53 Å². The number of aromatic nitrogens is 3. The third kappa shape index (κ3) is 2.90. The van der Waals surface area contributed by atoms with E-state index in [1.807, 2.05) is 6.92 Å². The number of H-pyrrole nitrogens is 1. The molecule has 0 bridgehead atoms. The topological polar surface area (TPSA) is 79.9 Å². The molecule has 0 saturated heterocycles. The third-order valence-corrected chi connectivity index (χ3v) is 2.77. The van der Waals surface area contributed by atoms with Gasteiger partial charge < -0.3 is 15.0 Å². The summed E-state index contributed by atoms with van der Waals surface area (Å²) in [6, 6.07) is 3.22. The number of nitrogens with one attached hydrogen (secondary N) is 2. The summed E-state index contributed by atoms with van der Waals surface area (Å²) in [6.07, 6.45) is 5.71. The molecule has 0 fully saturated rings. The summed E-state index contributed by atoms with van der Waals surface area (Å²) in [7, 11) is 1.49. The van der Waals surface area contributed by atoms with E-state index in [0.717, 1.165) is 12.2 Å². The average Bonchev–Trinajstić information content (AvgIpc) is 2.98. The molecule has 0 radical (unpaired) electrons. The van der Waals surface area contributed by atoms with E-state index in [1.54, 1.807) is 30.7 Å². The molecule has 2 heterocycles. The quantitative estimate of drug-likeness (QED) is 0.857. The highest BCUT2D eigenvalue weighted by molar-refractivity contribution is 5.96. The van der Waals surface area contributed by atoms with Crippen LogP contribution in [0.3, 0.4) is 0 Å². The third-order valence-electron chi connectivity index (χ3n) is 2.77. The first kappa shape index (κ1) is 13.1. The Kier molecular flexibility index (Phi) is 4.12. The Hall–Kier alpha value is -2.37. The molecule has 2 aromatic rings. The summed E-state index contributed by atoms with van der Waals surface area (Å²) in [5.41, 5.74) is 0.412. The minimum atomic E-state index is -0.229. The van der Waals surface area contributed by atoms with Crippen molar-refractivity contribution in [3.05, 3.63) is 42.1 Å². The van der Waals surface area contributed by atoms with Gasteiger partial charge in [0.15, 0.2) is 0 Å². The van der Waals surface area contributed by atoms with Gasteiger partial charge in [0.05, 0.1) is 13.2 Å². The summed E-state index contributed by atoms with van der Waals surface area (Å²) in [6.45, 7) is 1.98. The number of methoxy groups -OCH3 is 1. The van der Waals surface area contributed by atoms with Crippen molar-refractivity contribution in [3.63, 3.8) is 0 Å². The highest BCUT2D eigenvalue weighted by atomic mass is 16.5. The molecule has 19 heavy (non-hydrogen) atoms. The smallest absolute Gasteiger partial charge is 0.257 e. The summed E-state index contributed by atoms with van der Waals surface area (Å²) < 4.78 is 5.08. The van der Waals surface area contributed by atoms with E-state index < -0.39 is 0 Å². The van der Waals surface area contributed by atoms with Crippen molar-refractivity contribution in [2.24, 2.45) is 0 Å². The SMILES string of the molecule is CCC(NC(=O)c1cccnc1OC)c1ncc[nH]1. The zero-order valence-electron chi connectivity index (χ0n) is 10.9. The van der Waals surface area contributed by atoms with Gasteiger partial charge in [-0.1, -0.05) is 6.92 Å². The number of imidazole rings is 1. The van der Waals surface area contributed by atoms with Gasteiger partial charge in [0.2, 0.25) is 5.88 Å². The summed E-state index contributed by atoms with van der Waals surface area (Å²) >= 11 is 0. The van der Waals surface area contributed by atoms with Crippen LogP contribution in [-0.2, 0) is 0 Å². The molecule has 1 unspecified atom stereocenters. The van der Waals surface area contributed by atoms with Crippen molar-refractivity contribution in [2.75, 3.05) is 7.11 Å². The second kappa shape index (κ2) is 5.99. The molecule has 2 aromatic heterocycles. The molecule has 2 N–H and O–H groups in total. The monoisotopic (exact) mass is 260 g/mol. The van der Waals surface area contributed by atoms with E-state index in [9.17, 15) is 4.79 Å². The van der Waals surface area contributed by atoms with E-state index in [-0.39, 0.29) is 11.9 Å². The maximum absolute atomic E-state index is 12.2. The molecule has 0 spiro atoms. The first-order valence-electron chi connectivity index (χ1n) is 6.05. The van der Waals surface area contributed by atoms with Crippen molar-refractivity contribution >= 4 is 5.91 Å². The zero-order chi connectivity index (χ0) is 13.7. The van der Waals surface area contributed by atoms with Gasteiger partial charge in [-0.2, -0.15) is 0 Å². The highest BCUT2D eigenvalue weighted by Crippen LogP contribution is 2.17. The predicted molar refractivity (Wildman–Crippen MR) is 69.9 cm³/mol. The lowest BCUT2D eigenvalue weighted by Gasteiger charge is -2.15. The Labute approximate surface area is 111 Å². The lowest BCUT2D eigenvalue weighted by Crippen LogP contribution is -2.29. The number of pyridine rings is 1. The Morgan fingerprint density at radius 1 is 1.47 bits per heavy atom. The summed E-state index contributed by atoms with van der Waals surface area (Å²) in [5, 5.41) is 2.91. The fraction of sp³-hybridized carbons (Fsp3) is 0.308. The molecule has 0 aliphatic heterocycles. The first-order chi connectivity index (χ1) is 9.26. The summed E-state index contributed by atoms with van der Waals surface area (Å²) in [5.74, 6) is 0.821. The van der Waals surface area contributed by atoms with E-state index in [1.165, 1.54) is 7.11 Å². The Morgan fingerprint density at radius 3 is 2.95 bits per heavy atom. The normalized spacial score (nSPS) is 11.9. The van der Waals surface area contributed by atoms with E-state index in [0.29, 0.717) is 11.4 Å². The number of aromatic amines is 1. The van der Waals surface area contributed by atoms with Gasteiger partial charge >= 0.3 is 0 Å². The first-order valence-corrected chi connectivity index (χ1v) is 6.05. The number of amides is 1. The van der Waals surface area contributed by atoms with Crippen LogP contribution in [0.1, 0.15) is 35.6 Å². The Balaban J connectivity index is 2.16. The lowest BCUT2D eigenvalue weighted by molar-refractivity contribution is 0.0930. The molecule has 1 amide bonds. The number of rotatable bonds is 5. The maximum atomic E-state index is 12.2. The number of hydrogen-bond donors (Lipinski definition) is 2. The van der Waals surface area contributed by atoms with Crippen LogP contribution >= 0.6 is 0 Å². The molecule has 100 valence electrons. The van der Waals surface area contributed by atoms with Crippen LogP contribution in [0.5, 0.6) is 5.88 Å². The van der Waals surface area contributed by atoms with Crippen LogP contribution < -0.4 is 10.1 Å². The van der Waals surface area contributed by atoms with E-state index >= 15 is 0 Å². The van der Waals surface area contributed by atoms with Crippen molar-refractivity contribution in [3.8, 4) is 5.88 Å². The zero-order valence-corrected chi connectivity index (χ0v) is 10.9. The molecule has 1 atom stereocenters. The molecule has 0 saturated carbocycles. The van der Waals surface area contributed by atoms with Crippen LogP contribution in [-0.4, -0.2) is 28.0 Å². The van der Waals surface area contributed by atoms with Gasteiger partial charge in [0.1, 0.15) is 11.4 Å². The van der Waals surface area contributed by atoms with Gasteiger partial charge in [-0.15, -0.1) is 0 Å². The molecule has 0 aliphatic carbocycles. The van der Waals surface area contributed by atoms with E-state index in [2.05, 4.69) is 20.3 Å². The number of carbonyl (C=O) groups is 1. The van der Waals surface area contributed by atoms with Crippen molar-refractivity contribution in [2.45, 2.75) is 19.4 Å². The molecular weight excluding hydrogens is 244 g/mol. The largest absolute Gasteiger partial charge is 0.480 e. The fourth-order valence-corrected chi connectivity index (χ4v) is 1.79. The van der Waals surface area contributed by atoms with Crippen molar-refractivity contribution in [1.29, 1.82) is 0 Å². The van der Waals surface area contributed by atoms with Gasteiger partial charge in [-0.3, -0.25) is 4.79 Å². The standard InChI is InChI=1S/C13H16N4O2/c1-3-10(11-14-7-8-15-11)17-12(18)9-5-4-6-16-13(9)19-2/h4-8,10H,3H2,1-2H3,(H,14,15)(H,17,18). The fourth-order valence-electron chi connectivity index (χ4n) is 1.79. The number of hydrogen-bond acceptors (Lipinski definition) is 4. The highest BCUT2D eigenvalue weighted by Gasteiger charge is 2.18. The molecule has 6 nitrogen and oxygen atoms in total. The minimum absolute atomic E-state index is 0.160. The maximum Gasteiger partial charge on any atom is 0.257 e. The predicted octanol–water partition coefficient (Wildman–Crippen LogP) is 1.69. The molecule has 0 aliphatic rings. The average molecular weight is 260 g/mol. The summed E-state index contributed by atoms with van der Waals surface area (Å²) in [4.78, 5) is 23.4. The molecule has 2 rings (SSSR count). The minimum Gasteiger partial charge on any atom is -0.480 e. The van der Waals surface area contributed by atoms with Gasteiger partial charge in [-0.25, -0.2) is 9.97 Å². The second-order valence-electron chi connectivity index (χ2n) is 3.97. The molecule has 0 aromatic carbocycles. The molecule has 6 heteroatoms. The van der Waals surface area contributed by atoms with Crippen LogP contribution in [0, 0.1) is 0 Å².